The van der Waals surface area contributed by atoms with E-state index in [1.165, 1.54) is 0 Å². The second-order valence-corrected chi connectivity index (χ2v) is 9.25. The molecule has 1 amide bonds. The molecule has 0 aliphatic rings. The van der Waals surface area contributed by atoms with Crippen molar-refractivity contribution in [3.8, 4) is 0 Å². The zero-order valence-corrected chi connectivity index (χ0v) is 16.2. The monoisotopic (exact) mass is 314 g/mol. The predicted octanol–water partition coefficient (Wildman–Crippen LogP) is 4.34. The molecule has 0 aromatic heterocycles. The van der Waals surface area contributed by atoms with E-state index in [-0.39, 0.29) is 11.6 Å². The maximum Gasteiger partial charge on any atom is 0.407 e. The van der Waals surface area contributed by atoms with Gasteiger partial charge in [0.25, 0.3) is 0 Å². The van der Waals surface area contributed by atoms with Gasteiger partial charge in [-0.3, -0.25) is 0 Å². The maximum absolute atomic E-state index is 11.9. The number of nitrogens with one attached hydrogen (secondary N) is 2. The van der Waals surface area contributed by atoms with Gasteiger partial charge in [-0.25, -0.2) is 4.79 Å². The van der Waals surface area contributed by atoms with Crippen LogP contribution in [-0.2, 0) is 4.74 Å². The largest absolute Gasteiger partial charge is 0.444 e. The fourth-order valence-electron chi connectivity index (χ4n) is 2.43. The molecule has 0 radical (unpaired) electrons. The van der Waals surface area contributed by atoms with Crippen molar-refractivity contribution in [2.24, 2.45) is 11.3 Å². The second kappa shape index (κ2) is 8.19. The first-order valence-corrected chi connectivity index (χ1v) is 8.44. The Hall–Kier alpha value is -0.770. The zero-order chi connectivity index (χ0) is 17.6. The normalized spacial score (nSPS) is 15.5. The molecular formula is C18H38N2O2. The summed E-state index contributed by atoms with van der Waals surface area (Å²) in [5, 5.41) is 6.54. The fourth-order valence-corrected chi connectivity index (χ4v) is 2.43. The smallest absolute Gasteiger partial charge is 0.407 e. The van der Waals surface area contributed by atoms with Crippen molar-refractivity contribution in [1.82, 2.24) is 10.6 Å². The lowest BCUT2D eigenvalue weighted by atomic mass is 9.88. The van der Waals surface area contributed by atoms with Crippen molar-refractivity contribution >= 4 is 6.09 Å². The van der Waals surface area contributed by atoms with Crippen molar-refractivity contribution < 1.29 is 9.53 Å². The van der Waals surface area contributed by atoms with E-state index in [0.717, 1.165) is 19.4 Å². The van der Waals surface area contributed by atoms with E-state index in [4.69, 9.17) is 4.74 Å². The topological polar surface area (TPSA) is 50.4 Å². The molecule has 1 unspecified atom stereocenters. The van der Waals surface area contributed by atoms with E-state index in [9.17, 15) is 4.79 Å². The van der Waals surface area contributed by atoms with E-state index in [2.05, 4.69) is 52.2 Å². The highest BCUT2D eigenvalue weighted by Crippen LogP contribution is 2.20. The minimum atomic E-state index is -0.460. The lowest BCUT2D eigenvalue weighted by Gasteiger charge is -2.34. The van der Waals surface area contributed by atoms with Crippen molar-refractivity contribution in [1.29, 1.82) is 0 Å². The summed E-state index contributed by atoms with van der Waals surface area (Å²) in [6, 6.07) is 0. The highest BCUT2D eigenvalue weighted by atomic mass is 16.6. The average molecular weight is 315 g/mol. The number of hydrogen-bond donors (Lipinski definition) is 2. The summed E-state index contributed by atoms with van der Waals surface area (Å²) >= 11 is 0. The van der Waals surface area contributed by atoms with Gasteiger partial charge in [-0.15, -0.1) is 0 Å². The summed E-state index contributed by atoms with van der Waals surface area (Å²) in [6.07, 6.45) is 1.76. The summed E-state index contributed by atoms with van der Waals surface area (Å²) in [5.41, 5.74) is -0.265. The van der Waals surface area contributed by atoms with E-state index < -0.39 is 5.60 Å². The first-order valence-electron chi connectivity index (χ1n) is 8.44. The molecule has 0 bridgehead atoms. The van der Waals surface area contributed by atoms with Crippen LogP contribution in [0.5, 0.6) is 0 Å². The predicted molar refractivity (Wildman–Crippen MR) is 94.2 cm³/mol. The third-order valence-electron chi connectivity index (χ3n) is 3.31. The summed E-state index contributed by atoms with van der Waals surface area (Å²) in [6.45, 7) is 20.5. The van der Waals surface area contributed by atoms with Crippen LogP contribution in [0.1, 0.15) is 75.2 Å². The minimum Gasteiger partial charge on any atom is -0.444 e. The fraction of sp³-hybridized carbons (Fsp3) is 0.944. The molecule has 0 aromatic rings. The van der Waals surface area contributed by atoms with E-state index in [0.29, 0.717) is 17.9 Å². The van der Waals surface area contributed by atoms with Crippen LogP contribution in [0, 0.1) is 11.3 Å². The van der Waals surface area contributed by atoms with Gasteiger partial charge in [0.2, 0.25) is 0 Å². The Morgan fingerprint density at radius 3 is 2.00 bits per heavy atom. The lowest BCUT2D eigenvalue weighted by Crippen LogP contribution is -2.53. The van der Waals surface area contributed by atoms with Gasteiger partial charge in [-0.1, -0.05) is 34.6 Å². The summed E-state index contributed by atoms with van der Waals surface area (Å²) in [4.78, 5) is 11.9. The van der Waals surface area contributed by atoms with E-state index in [1.807, 2.05) is 20.8 Å². The van der Waals surface area contributed by atoms with Gasteiger partial charge in [0.1, 0.15) is 5.60 Å². The second-order valence-electron chi connectivity index (χ2n) is 9.25. The van der Waals surface area contributed by atoms with Gasteiger partial charge in [0.05, 0.1) is 0 Å². The number of hydrogen-bond acceptors (Lipinski definition) is 3. The van der Waals surface area contributed by atoms with Gasteiger partial charge in [-0.05, 0) is 58.4 Å². The van der Waals surface area contributed by atoms with Crippen molar-refractivity contribution in [2.75, 3.05) is 13.1 Å². The molecule has 0 heterocycles. The Bertz CT molecular complexity index is 340. The molecule has 0 aliphatic heterocycles. The van der Waals surface area contributed by atoms with Gasteiger partial charge < -0.3 is 15.4 Å². The van der Waals surface area contributed by atoms with Gasteiger partial charge in [0.15, 0.2) is 0 Å². The number of carbonyl (C=O) groups excluding carboxylic acids is 1. The Morgan fingerprint density at radius 1 is 1.05 bits per heavy atom. The van der Waals surface area contributed by atoms with E-state index in [1.54, 1.807) is 0 Å². The van der Waals surface area contributed by atoms with Crippen LogP contribution in [0.4, 0.5) is 4.79 Å². The highest BCUT2D eigenvalue weighted by molar-refractivity contribution is 5.67. The molecule has 4 nitrogen and oxygen atoms in total. The Labute approximate surface area is 137 Å². The van der Waals surface area contributed by atoms with Crippen LogP contribution in [-0.4, -0.2) is 30.3 Å². The molecule has 0 saturated carbocycles. The number of alkyl carbamates (subject to hydrolysis) is 1. The SMILES string of the molecule is CC(C)CC(C)(CNC(=O)OC(C)(C)C)NCCC(C)(C)C. The molecule has 0 rings (SSSR count). The molecule has 0 aromatic carbocycles. The third-order valence-corrected chi connectivity index (χ3v) is 3.31. The van der Waals surface area contributed by atoms with Crippen LogP contribution in [0.3, 0.4) is 0 Å². The van der Waals surface area contributed by atoms with Crippen LogP contribution in [0.25, 0.3) is 0 Å². The standard InChI is InChI=1S/C18H38N2O2/c1-14(2)12-18(9,20-11-10-16(3,4)5)13-19-15(21)22-17(6,7)8/h14,20H,10-13H2,1-9H3,(H,19,21). The molecule has 22 heavy (non-hydrogen) atoms. The molecule has 0 aliphatic carbocycles. The minimum absolute atomic E-state index is 0.115. The van der Waals surface area contributed by atoms with Crippen LogP contribution < -0.4 is 10.6 Å². The van der Waals surface area contributed by atoms with Crippen LogP contribution in [0.2, 0.25) is 0 Å². The average Bonchev–Trinajstić information content (AvgIpc) is 2.21. The molecule has 1 atom stereocenters. The summed E-state index contributed by atoms with van der Waals surface area (Å²) in [5.74, 6) is 0.563. The highest BCUT2D eigenvalue weighted by Gasteiger charge is 2.27. The van der Waals surface area contributed by atoms with Gasteiger partial charge in [0, 0.05) is 12.1 Å². The molecule has 0 spiro atoms. The maximum atomic E-state index is 11.9. The Morgan fingerprint density at radius 2 is 1.59 bits per heavy atom. The van der Waals surface area contributed by atoms with Crippen LogP contribution in [0.15, 0.2) is 0 Å². The molecule has 132 valence electrons. The van der Waals surface area contributed by atoms with E-state index >= 15 is 0 Å². The third kappa shape index (κ3) is 11.8. The quantitative estimate of drug-likeness (QED) is 0.735. The van der Waals surface area contributed by atoms with Gasteiger partial charge >= 0.3 is 6.09 Å². The Balaban J connectivity index is 4.52. The molecule has 2 N–H and O–H groups in total. The van der Waals surface area contributed by atoms with Crippen molar-refractivity contribution in [3.63, 3.8) is 0 Å². The molecular weight excluding hydrogens is 276 g/mol. The first kappa shape index (κ1) is 21.2. The molecule has 0 fully saturated rings. The number of amides is 1. The van der Waals surface area contributed by atoms with Crippen molar-refractivity contribution in [3.05, 3.63) is 0 Å². The molecule has 4 heteroatoms. The number of ether oxygens (including phenoxy) is 1. The lowest BCUT2D eigenvalue weighted by molar-refractivity contribution is 0.0507. The molecule has 0 saturated heterocycles. The number of carbonyl (C=O) groups is 1. The van der Waals surface area contributed by atoms with Crippen LogP contribution >= 0.6 is 0 Å². The zero-order valence-electron chi connectivity index (χ0n) is 16.2. The summed E-state index contributed by atoms with van der Waals surface area (Å²) < 4.78 is 5.32. The number of rotatable bonds is 7. The summed E-state index contributed by atoms with van der Waals surface area (Å²) in [7, 11) is 0. The Kier molecular flexibility index (Phi) is 7.90. The van der Waals surface area contributed by atoms with Crippen molar-refractivity contribution in [2.45, 2.75) is 86.3 Å². The van der Waals surface area contributed by atoms with Gasteiger partial charge in [-0.2, -0.15) is 0 Å². The first-order chi connectivity index (χ1) is 9.72.